The maximum absolute atomic E-state index is 10.9. The van der Waals surface area contributed by atoms with Crippen molar-refractivity contribution in [3.63, 3.8) is 0 Å². The van der Waals surface area contributed by atoms with Gasteiger partial charge < -0.3 is 25.4 Å². The zero-order valence-electron chi connectivity index (χ0n) is 11.4. The average molecular weight is 289 g/mol. The normalized spacial score (nSPS) is 10.2. The van der Waals surface area contributed by atoms with Gasteiger partial charge in [0.2, 0.25) is 0 Å². The molecule has 0 heterocycles. The summed E-state index contributed by atoms with van der Waals surface area (Å²) in [7, 11) is 1.49. The monoisotopic (exact) mass is 289 g/mol. The van der Waals surface area contributed by atoms with Crippen molar-refractivity contribution in [2.75, 3.05) is 12.8 Å². The Hall–Kier alpha value is -2.73. The van der Waals surface area contributed by atoms with E-state index in [1.54, 1.807) is 18.2 Å². The van der Waals surface area contributed by atoms with Crippen LogP contribution in [0.1, 0.15) is 15.9 Å². The second kappa shape index (κ2) is 6.15. The minimum Gasteiger partial charge on any atom is -0.493 e. The Balaban J connectivity index is 2.30. The van der Waals surface area contributed by atoms with Crippen LogP contribution in [0.15, 0.2) is 36.4 Å². The number of anilines is 1. The van der Waals surface area contributed by atoms with E-state index >= 15 is 0 Å². The van der Waals surface area contributed by atoms with E-state index < -0.39 is 5.97 Å². The number of methoxy groups -OCH3 is 1. The van der Waals surface area contributed by atoms with Gasteiger partial charge in [-0.25, -0.2) is 4.79 Å². The number of nitrogen functional groups attached to an aromatic ring is 1. The van der Waals surface area contributed by atoms with E-state index in [1.165, 1.54) is 25.3 Å². The summed E-state index contributed by atoms with van der Waals surface area (Å²) in [5, 5.41) is 18.0. The fraction of sp³-hybridized carbons (Fsp3) is 0.133. The van der Waals surface area contributed by atoms with Crippen molar-refractivity contribution in [2.24, 2.45) is 0 Å². The van der Waals surface area contributed by atoms with E-state index in [0.717, 1.165) is 0 Å². The van der Waals surface area contributed by atoms with Crippen LogP contribution in [0.4, 0.5) is 5.69 Å². The number of hydrogen-bond acceptors (Lipinski definition) is 5. The molecule has 0 aromatic heterocycles. The van der Waals surface area contributed by atoms with Gasteiger partial charge in [0.15, 0.2) is 11.5 Å². The lowest BCUT2D eigenvalue weighted by Gasteiger charge is -2.12. The SMILES string of the molecule is COc1cc(CO)ccc1Oc1ccc(C(=O)O)c(N)c1. The third kappa shape index (κ3) is 3.24. The maximum Gasteiger partial charge on any atom is 0.337 e. The van der Waals surface area contributed by atoms with Crippen LogP contribution in [0.2, 0.25) is 0 Å². The summed E-state index contributed by atoms with van der Waals surface area (Å²) in [6.45, 7) is -0.100. The first kappa shape index (κ1) is 14.7. The smallest absolute Gasteiger partial charge is 0.337 e. The molecule has 0 saturated carbocycles. The highest BCUT2D eigenvalue weighted by atomic mass is 16.5. The number of nitrogens with two attached hydrogens (primary N) is 1. The van der Waals surface area contributed by atoms with Crippen molar-refractivity contribution >= 4 is 11.7 Å². The predicted molar refractivity (Wildman–Crippen MR) is 76.8 cm³/mol. The molecule has 4 N–H and O–H groups in total. The lowest BCUT2D eigenvalue weighted by atomic mass is 10.1. The molecule has 0 unspecified atom stereocenters. The fourth-order valence-electron chi connectivity index (χ4n) is 1.82. The minimum absolute atomic E-state index is 0.0185. The molecule has 0 bridgehead atoms. The molecule has 21 heavy (non-hydrogen) atoms. The number of aromatic carboxylic acids is 1. The number of carbonyl (C=O) groups is 1. The number of aliphatic hydroxyl groups is 1. The highest BCUT2D eigenvalue weighted by molar-refractivity contribution is 5.93. The highest BCUT2D eigenvalue weighted by Gasteiger charge is 2.11. The van der Waals surface area contributed by atoms with Crippen molar-refractivity contribution in [3.8, 4) is 17.2 Å². The summed E-state index contributed by atoms with van der Waals surface area (Å²) in [5.41, 5.74) is 6.50. The van der Waals surface area contributed by atoms with Crippen molar-refractivity contribution in [2.45, 2.75) is 6.61 Å². The standard InChI is InChI=1S/C15H15NO5/c1-20-14-6-9(8-17)2-5-13(14)21-10-3-4-11(15(18)19)12(16)7-10/h2-7,17H,8,16H2,1H3,(H,18,19). The Labute approximate surface area is 121 Å². The lowest BCUT2D eigenvalue weighted by Crippen LogP contribution is -2.02. The molecule has 0 radical (unpaired) electrons. The second-order valence-electron chi connectivity index (χ2n) is 4.30. The molecule has 6 heteroatoms. The zero-order valence-corrected chi connectivity index (χ0v) is 11.4. The summed E-state index contributed by atoms with van der Waals surface area (Å²) < 4.78 is 10.8. The number of aliphatic hydroxyl groups excluding tert-OH is 1. The Kier molecular flexibility index (Phi) is 4.30. The van der Waals surface area contributed by atoms with Crippen LogP contribution < -0.4 is 15.2 Å². The van der Waals surface area contributed by atoms with Crippen molar-refractivity contribution < 1.29 is 24.5 Å². The van der Waals surface area contributed by atoms with Gasteiger partial charge in [-0.3, -0.25) is 0 Å². The molecule has 0 spiro atoms. The Morgan fingerprint density at radius 2 is 1.95 bits per heavy atom. The van der Waals surface area contributed by atoms with Crippen molar-refractivity contribution in [1.29, 1.82) is 0 Å². The summed E-state index contributed by atoms with van der Waals surface area (Å²) >= 11 is 0. The molecular formula is C15H15NO5. The van der Waals surface area contributed by atoms with Crippen LogP contribution in [0, 0.1) is 0 Å². The van der Waals surface area contributed by atoms with E-state index in [9.17, 15) is 4.79 Å². The molecule has 6 nitrogen and oxygen atoms in total. The first-order valence-corrected chi connectivity index (χ1v) is 6.13. The number of benzene rings is 2. The molecule has 110 valence electrons. The first-order chi connectivity index (χ1) is 10.0. The van der Waals surface area contributed by atoms with E-state index in [2.05, 4.69) is 0 Å². The number of carboxylic acid groups (broad SMARTS) is 1. The molecule has 0 aliphatic carbocycles. The molecule has 0 fully saturated rings. The molecule has 2 aromatic rings. The fourth-order valence-corrected chi connectivity index (χ4v) is 1.82. The second-order valence-corrected chi connectivity index (χ2v) is 4.30. The van der Waals surface area contributed by atoms with Gasteiger partial charge in [0.25, 0.3) is 0 Å². The van der Waals surface area contributed by atoms with E-state index in [1.807, 2.05) is 0 Å². The molecule has 0 atom stereocenters. The van der Waals surface area contributed by atoms with Gasteiger partial charge in [-0.2, -0.15) is 0 Å². The first-order valence-electron chi connectivity index (χ1n) is 6.13. The average Bonchev–Trinajstić information content (AvgIpc) is 2.47. The van der Waals surface area contributed by atoms with Gasteiger partial charge in [-0.1, -0.05) is 6.07 Å². The topological polar surface area (TPSA) is 102 Å². The molecule has 0 aliphatic heterocycles. The van der Waals surface area contributed by atoms with Crippen LogP contribution in [0.3, 0.4) is 0 Å². The molecule has 0 saturated heterocycles. The summed E-state index contributed by atoms with van der Waals surface area (Å²) in [6.07, 6.45) is 0. The van der Waals surface area contributed by atoms with Crippen LogP contribution in [0.25, 0.3) is 0 Å². The minimum atomic E-state index is -1.09. The van der Waals surface area contributed by atoms with E-state index in [-0.39, 0.29) is 17.9 Å². The zero-order chi connectivity index (χ0) is 15.4. The Bertz CT molecular complexity index is 669. The Morgan fingerprint density at radius 1 is 1.19 bits per heavy atom. The molecule has 2 rings (SSSR count). The van der Waals surface area contributed by atoms with E-state index in [0.29, 0.717) is 22.8 Å². The van der Waals surface area contributed by atoms with Gasteiger partial charge in [-0.05, 0) is 29.8 Å². The molecular weight excluding hydrogens is 274 g/mol. The predicted octanol–water partition coefficient (Wildman–Crippen LogP) is 2.26. The number of hydrogen-bond donors (Lipinski definition) is 3. The molecule has 0 amide bonds. The maximum atomic E-state index is 10.9. The van der Waals surface area contributed by atoms with Crippen LogP contribution in [0.5, 0.6) is 17.2 Å². The van der Waals surface area contributed by atoms with Crippen molar-refractivity contribution in [3.05, 3.63) is 47.5 Å². The van der Waals surface area contributed by atoms with Crippen LogP contribution in [-0.2, 0) is 6.61 Å². The Morgan fingerprint density at radius 3 is 2.52 bits per heavy atom. The van der Waals surface area contributed by atoms with Gasteiger partial charge >= 0.3 is 5.97 Å². The van der Waals surface area contributed by atoms with Crippen LogP contribution in [-0.4, -0.2) is 23.3 Å². The number of carboxylic acids is 1. The highest BCUT2D eigenvalue weighted by Crippen LogP contribution is 2.33. The quantitative estimate of drug-likeness (QED) is 0.730. The number of rotatable bonds is 5. The third-order valence-electron chi connectivity index (χ3n) is 2.89. The summed E-state index contributed by atoms with van der Waals surface area (Å²) in [6, 6.07) is 9.34. The lowest BCUT2D eigenvalue weighted by molar-refractivity contribution is 0.0698. The summed E-state index contributed by atoms with van der Waals surface area (Å²) in [5.74, 6) is 0.205. The van der Waals surface area contributed by atoms with E-state index in [4.69, 9.17) is 25.4 Å². The third-order valence-corrected chi connectivity index (χ3v) is 2.89. The van der Waals surface area contributed by atoms with Gasteiger partial charge in [0.05, 0.1) is 19.3 Å². The van der Waals surface area contributed by atoms with Crippen LogP contribution >= 0.6 is 0 Å². The van der Waals surface area contributed by atoms with Gasteiger partial charge in [0.1, 0.15) is 5.75 Å². The van der Waals surface area contributed by atoms with Gasteiger partial charge in [-0.15, -0.1) is 0 Å². The summed E-state index contributed by atoms with van der Waals surface area (Å²) in [4.78, 5) is 10.9. The number of ether oxygens (including phenoxy) is 2. The molecule has 2 aromatic carbocycles. The van der Waals surface area contributed by atoms with Gasteiger partial charge in [0, 0.05) is 11.8 Å². The molecule has 0 aliphatic rings. The largest absolute Gasteiger partial charge is 0.493 e. The van der Waals surface area contributed by atoms with Crippen molar-refractivity contribution in [1.82, 2.24) is 0 Å².